The Labute approximate surface area is 131 Å². The monoisotopic (exact) mass is 307 g/mol. The average molecular weight is 307 g/mol. The number of hydrogen-bond donors (Lipinski definition) is 0. The van der Waals surface area contributed by atoms with Crippen LogP contribution in [0.4, 0.5) is 5.69 Å². The number of benzene rings is 3. The van der Waals surface area contributed by atoms with E-state index in [1.165, 1.54) is 0 Å². The fraction of sp³-hybridized carbons (Fsp3) is 0.0526. The van der Waals surface area contributed by atoms with Gasteiger partial charge in [-0.15, -0.1) is 0 Å². The van der Waals surface area contributed by atoms with Crippen molar-refractivity contribution in [3.8, 4) is 0 Å². The molecule has 0 aliphatic heterocycles. The van der Waals surface area contributed by atoms with E-state index in [4.69, 9.17) is 0 Å². The molecule has 2 nitrogen and oxygen atoms in total. The Hall–Kier alpha value is -2.31. The van der Waals surface area contributed by atoms with E-state index in [-0.39, 0.29) is 0 Å². The Bertz CT molecular complexity index is 729. The van der Waals surface area contributed by atoms with Gasteiger partial charge in [-0.3, -0.25) is 4.57 Å². The summed E-state index contributed by atoms with van der Waals surface area (Å²) in [4.78, 5) is 0. The van der Waals surface area contributed by atoms with Gasteiger partial charge >= 0.3 is 0 Å². The van der Waals surface area contributed by atoms with Crippen molar-refractivity contribution in [2.75, 3.05) is 11.7 Å². The molecule has 3 rings (SSSR count). The summed E-state index contributed by atoms with van der Waals surface area (Å²) in [6.07, 6.45) is 0. The van der Waals surface area contributed by atoms with Crippen LogP contribution < -0.4 is 15.3 Å². The second-order valence-corrected chi connectivity index (χ2v) is 7.89. The zero-order valence-electron chi connectivity index (χ0n) is 12.5. The highest BCUT2D eigenvalue weighted by Crippen LogP contribution is 2.48. The summed E-state index contributed by atoms with van der Waals surface area (Å²) >= 11 is 0. The van der Waals surface area contributed by atoms with Gasteiger partial charge in [-0.25, -0.2) is 0 Å². The van der Waals surface area contributed by atoms with Crippen molar-refractivity contribution in [1.29, 1.82) is 0 Å². The van der Waals surface area contributed by atoms with Gasteiger partial charge in [0.15, 0.2) is 0 Å². The van der Waals surface area contributed by atoms with Gasteiger partial charge < -0.3 is 4.67 Å². The smallest absolute Gasteiger partial charge is 0.229 e. The predicted molar refractivity (Wildman–Crippen MR) is 94.6 cm³/mol. The molecule has 0 amide bonds. The second-order valence-electron chi connectivity index (χ2n) is 5.11. The Morgan fingerprint density at radius 1 is 0.636 bits per heavy atom. The Morgan fingerprint density at radius 2 is 1.00 bits per heavy atom. The van der Waals surface area contributed by atoms with Crippen LogP contribution in [0.25, 0.3) is 0 Å². The maximum atomic E-state index is 14.0. The van der Waals surface area contributed by atoms with Crippen LogP contribution in [-0.2, 0) is 4.57 Å². The van der Waals surface area contributed by atoms with Crippen molar-refractivity contribution in [1.82, 2.24) is 0 Å². The van der Waals surface area contributed by atoms with Gasteiger partial charge in [-0.2, -0.15) is 0 Å². The quantitative estimate of drug-likeness (QED) is 0.678. The minimum atomic E-state index is -2.90. The van der Waals surface area contributed by atoms with Crippen LogP contribution >= 0.6 is 7.29 Å². The van der Waals surface area contributed by atoms with Crippen LogP contribution in [0.3, 0.4) is 0 Å². The fourth-order valence-electron chi connectivity index (χ4n) is 2.56. The summed E-state index contributed by atoms with van der Waals surface area (Å²) in [5, 5.41) is 1.68. The summed E-state index contributed by atoms with van der Waals surface area (Å²) < 4.78 is 15.9. The zero-order chi connectivity index (χ0) is 15.4. The van der Waals surface area contributed by atoms with Gasteiger partial charge in [0.25, 0.3) is 0 Å². The molecule has 3 heteroatoms. The molecule has 0 N–H and O–H groups in total. The molecule has 0 saturated carbocycles. The van der Waals surface area contributed by atoms with E-state index in [9.17, 15) is 4.57 Å². The van der Waals surface area contributed by atoms with Gasteiger partial charge in [0.1, 0.15) is 0 Å². The average Bonchev–Trinajstić information content (AvgIpc) is 2.62. The molecular weight excluding hydrogens is 289 g/mol. The lowest BCUT2D eigenvalue weighted by molar-refractivity contribution is 0.586. The van der Waals surface area contributed by atoms with Crippen molar-refractivity contribution in [3.63, 3.8) is 0 Å². The van der Waals surface area contributed by atoms with Crippen molar-refractivity contribution >= 4 is 23.6 Å². The van der Waals surface area contributed by atoms with Crippen molar-refractivity contribution in [2.24, 2.45) is 0 Å². The standard InChI is InChI=1S/C19H18NOP/c1-20(17-11-5-2-6-12-17)22(21,18-13-7-3-8-14-18)19-15-9-4-10-16-19/h2-16H,1H3. The van der Waals surface area contributed by atoms with Crippen LogP contribution in [0.5, 0.6) is 0 Å². The number of anilines is 1. The maximum Gasteiger partial charge on any atom is 0.229 e. The molecule has 0 bridgehead atoms. The number of hydrogen-bond acceptors (Lipinski definition) is 1. The van der Waals surface area contributed by atoms with E-state index in [2.05, 4.69) is 0 Å². The second kappa shape index (κ2) is 6.21. The molecule has 110 valence electrons. The minimum Gasteiger partial charge on any atom is -0.319 e. The summed E-state index contributed by atoms with van der Waals surface area (Å²) in [6.45, 7) is 0. The van der Waals surface area contributed by atoms with Crippen molar-refractivity contribution in [3.05, 3.63) is 91.0 Å². The number of para-hydroxylation sites is 1. The molecule has 0 fully saturated rings. The highest BCUT2D eigenvalue weighted by Gasteiger charge is 2.32. The Balaban J connectivity index is 2.18. The molecule has 0 spiro atoms. The van der Waals surface area contributed by atoms with Crippen LogP contribution in [0, 0.1) is 0 Å². The molecular formula is C19H18NOP. The predicted octanol–water partition coefficient (Wildman–Crippen LogP) is 4.05. The first-order valence-corrected chi connectivity index (χ1v) is 8.89. The van der Waals surface area contributed by atoms with E-state index in [0.717, 1.165) is 16.3 Å². The number of rotatable bonds is 4. The molecule has 0 heterocycles. The lowest BCUT2D eigenvalue weighted by Gasteiger charge is -2.31. The van der Waals surface area contributed by atoms with Crippen LogP contribution in [0.15, 0.2) is 91.0 Å². The highest BCUT2D eigenvalue weighted by atomic mass is 31.2. The van der Waals surface area contributed by atoms with E-state index in [1.807, 2.05) is 103 Å². The van der Waals surface area contributed by atoms with E-state index in [1.54, 1.807) is 0 Å². The molecule has 3 aromatic rings. The maximum absolute atomic E-state index is 14.0. The molecule has 0 aromatic heterocycles. The molecule has 3 aromatic carbocycles. The SMILES string of the molecule is CN(c1ccccc1)P(=O)(c1ccccc1)c1ccccc1. The molecule has 0 unspecified atom stereocenters. The Kier molecular flexibility index (Phi) is 4.13. The van der Waals surface area contributed by atoms with Crippen LogP contribution in [0.2, 0.25) is 0 Å². The van der Waals surface area contributed by atoms with Crippen LogP contribution in [0.1, 0.15) is 0 Å². The third-order valence-electron chi connectivity index (χ3n) is 3.76. The van der Waals surface area contributed by atoms with Gasteiger partial charge in [0.05, 0.1) is 0 Å². The highest BCUT2D eigenvalue weighted by molar-refractivity contribution is 7.80. The first kappa shape index (κ1) is 14.6. The topological polar surface area (TPSA) is 20.3 Å². The van der Waals surface area contributed by atoms with E-state index in [0.29, 0.717) is 0 Å². The molecule has 0 atom stereocenters. The van der Waals surface area contributed by atoms with Crippen molar-refractivity contribution in [2.45, 2.75) is 0 Å². The summed E-state index contributed by atoms with van der Waals surface area (Å²) in [5.74, 6) is 0. The largest absolute Gasteiger partial charge is 0.319 e. The van der Waals surface area contributed by atoms with Gasteiger partial charge in [0.2, 0.25) is 7.29 Å². The fourth-order valence-corrected chi connectivity index (χ4v) is 5.16. The van der Waals surface area contributed by atoms with Gasteiger partial charge in [0, 0.05) is 23.3 Å². The molecule has 0 saturated heterocycles. The van der Waals surface area contributed by atoms with E-state index < -0.39 is 7.29 Å². The summed E-state index contributed by atoms with van der Waals surface area (Å²) in [5.41, 5.74) is 0.943. The minimum absolute atomic E-state index is 0.840. The third-order valence-corrected chi connectivity index (χ3v) is 6.84. The normalized spacial score (nSPS) is 11.1. The lowest BCUT2D eigenvalue weighted by Crippen LogP contribution is -2.29. The molecule has 0 radical (unpaired) electrons. The first-order valence-electron chi connectivity index (χ1n) is 7.23. The molecule has 0 aliphatic carbocycles. The summed E-state index contributed by atoms with van der Waals surface area (Å²) in [6, 6.07) is 29.2. The van der Waals surface area contributed by atoms with E-state index >= 15 is 0 Å². The molecule has 0 aliphatic rings. The third kappa shape index (κ3) is 2.58. The van der Waals surface area contributed by atoms with Crippen LogP contribution in [-0.4, -0.2) is 7.05 Å². The Morgan fingerprint density at radius 3 is 1.41 bits per heavy atom. The summed E-state index contributed by atoms with van der Waals surface area (Å²) in [7, 11) is -1.00. The first-order chi connectivity index (χ1) is 10.7. The molecule has 22 heavy (non-hydrogen) atoms. The van der Waals surface area contributed by atoms with Crippen molar-refractivity contribution < 1.29 is 4.57 Å². The zero-order valence-corrected chi connectivity index (χ0v) is 13.4. The van der Waals surface area contributed by atoms with Gasteiger partial charge in [-0.05, 0) is 36.4 Å². The van der Waals surface area contributed by atoms with Gasteiger partial charge in [-0.1, -0.05) is 54.6 Å². The lowest BCUT2D eigenvalue weighted by atomic mass is 10.3. The number of nitrogens with zero attached hydrogens (tertiary/aromatic N) is 1.